The van der Waals surface area contributed by atoms with Gasteiger partial charge in [0.1, 0.15) is 11.6 Å². The summed E-state index contributed by atoms with van der Waals surface area (Å²) in [7, 11) is 0. The number of nitrogens with zero attached hydrogens (tertiary/aromatic N) is 3. The van der Waals surface area contributed by atoms with E-state index in [0.717, 1.165) is 35.6 Å². The maximum Gasteiger partial charge on any atom is 0.140 e. The number of anilines is 1. The zero-order chi connectivity index (χ0) is 16.3. The molecule has 120 valence electrons. The summed E-state index contributed by atoms with van der Waals surface area (Å²) in [6, 6.07) is 8.36. The molecule has 0 radical (unpaired) electrons. The Hall–Kier alpha value is -1.64. The summed E-state index contributed by atoms with van der Waals surface area (Å²) in [5.41, 5.74) is 1.05. The highest BCUT2D eigenvalue weighted by Gasteiger charge is 2.17. The van der Waals surface area contributed by atoms with Gasteiger partial charge in [0.2, 0.25) is 0 Å². The summed E-state index contributed by atoms with van der Waals surface area (Å²) in [4.78, 5) is 12.1. The summed E-state index contributed by atoms with van der Waals surface area (Å²) in [5.74, 6) is 3.58. The van der Waals surface area contributed by atoms with Gasteiger partial charge < -0.3 is 4.90 Å². The van der Waals surface area contributed by atoms with Gasteiger partial charge in [0.25, 0.3) is 0 Å². The fourth-order valence-electron chi connectivity index (χ4n) is 2.71. The number of rotatable bonds is 6. The molecule has 1 aromatic heterocycles. The van der Waals surface area contributed by atoms with Crippen LogP contribution in [0, 0.1) is 11.8 Å². The molecule has 0 aliphatic heterocycles. The molecule has 0 fully saturated rings. The van der Waals surface area contributed by atoms with Crippen molar-refractivity contribution in [3.8, 4) is 0 Å². The van der Waals surface area contributed by atoms with E-state index in [-0.39, 0.29) is 0 Å². The van der Waals surface area contributed by atoms with Crippen molar-refractivity contribution in [2.45, 2.75) is 47.5 Å². The van der Waals surface area contributed by atoms with E-state index in [1.54, 1.807) is 0 Å². The number of aromatic nitrogens is 2. The largest absolute Gasteiger partial charge is 0.355 e. The highest BCUT2D eigenvalue weighted by Crippen LogP contribution is 2.27. The van der Waals surface area contributed by atoms with Crippen LogP contribution < -0.4 is 4.90 Å². The van der Waals surface area contributed by atoms with Crippen molar-refractivity contribution in [2.75, 3.05) is 18.0 Å². The van der Waals surface area contributed by atoms with Gasteiger partial charge in [-0.25, -0.2) is 9.97 Å². The molecule has 22 heavy (non-hydrogen) atoms. The Balaban J connectivity index is 2.57. The first-order valence-corrected chi connectivity index (χ1v) is 8.40. The zero-order valence-electron chi connectivity index (χ0n) is 14.8. The van der Waals surface area contributed by atoms with E-state index < -0.39 is 0 Å². The van der Waals surface area contributed by atoms with E-state index in [9.17, 15) is 0 Å². The van der Waals surface area contributed by atoms with Crippen LogP contribution in [0.5, 0.6) is 0 Å². The number of fused-ring (bicyclic) bond motifs is 1. The van der Waals surface area contributed by atoms with Crippen LogP contribution in [0.15, 0.2) is 24.3 Å². The Morgan fingerprint density at radius 1 is 0.864 bits per heavy atom. The molecule has 1 heterocycles. The first-order chi connectivity index (χ1) is 10.4. The van der Waals surface area contributed by atoms with Gasteiger partial charge in [-0.05, 0) is 24.0 Å². The molecule has 0 saturated heterocycles. The molecule has 0 spiro atoms. The summed E-state index contributed by atoms with van der Waals surface area (Å²) in [6.07, 6.45) is 0. The molecule has 0 amide bonds. The molecule has 2 rings (SSSR count). The van der Waals surface area contributed by atoms with Gasteiger partial charge >= 0.3 is 0 Å². The number of para-hydroxylation sites is 1. The van der Waals surface area contributed by atoms with Gasteiger partial charge in [0.05, 0.1) is 5.52 Å². The second kappa shape index (κ2) is 7.08. The van der Waals surface area contributed by atoms with Crippen LogP contribution in [0.1, 0.15) is 53.3 Å². The van der Waals surface area contributed by atoms with Crippen LogP contribution >= 0.6 is 0 Å². The minimum atomic E-state index is 0.336. The third kappa shape index (κ3) is 3.96. The van der Waals surface area contributed by atoms with Crippen molar-refractivity contribution in [2.24, 2.45) is 11.8 Å². The molecule has 0 aliphatic carbocycles. The second-order valence-electron chi connectivity index (χ2n) is 7.27. The molecule has 1 aromatic carbocycles. The topological polar surface area (TPSA) is 29.0 Å². The Bertz CT molecular complexity index is 607. The van der Waals surface area contributed by atoms with Crippen LogP contribution in [0.25, 0.3) is 10.9 Å². The zero-order valence-corrected chi connectivity index (χ0v) is 14.8. The average Bonchev–Trinajstić information content (AvgIpc) is 2.44. The molecule has 0 atom stereocenters. The molecule has 0 saturated carbocycles. The van der Waals surface area contributed by atoms with E-state index >= 15 is 0 Å². The van der Waals surface area contributed by atoms with Gasteiger partial charge in [-0.3, -0.25) is 0 Å². The molecular formula is C19H29N3. The summed E-state index contributed by atoms with van der Waals surface area (Å²) >= 11 is 0. The number of hydrogen-bond acceptors (Lipinski definition) is 3. The smallest absolute Gasteiger partial charge is 0.140 e. The highest BCUT2D eigenvalue weighted by molar-refractivity contribution is 5.89. The monoisotopic (exact) mass is 299 g/mol. The maximum atomic E-state index is 4.92. The van der Waals surface area contributed by atoms with Crippen LogP contribution in [0.3, 0.4) is 0 Å². The fourth-order valence-corrected chi connectivity index (χ4v) is 2.71. The van der Waals surface area contributed by atoms with Crippen molar-refractivity contribution in [1.82, 2.24) is 9.97 Å². The van der Waals surface area contributed by atoms with Crippen LogP contribution in [0.4, 0.5) is 5.82 Å². The van der Waals surface area contributed by atoms with E-state index in [1.807, 2.05) is 0 Å². The first-order valence-electron chi connectivity index (χ1n) is 8.40. The van der Waals surface area contributed by atoms with E-state index in [1.165, 1.54) is 0 Å². The Kier molecular flexibility index (Phi) is 5.38. The Labute approximate surface area is 134 Å². The maximum absolute atomic E-state index is 4.92. The summed E-state index contributed by atoms with van der Waals surface area (Å²) in [5, 5.41) is 1.16. The van der Waals surface area contributed by atoms with Gasteiger partial charge in [-0.15, -0.1) is 0 Å². The first kappa shape index (κ1) is 16.7. The van der Waals surface area contributed by atoms with Crippen molar-refractivity contribution in [3.63, 3.8) is 0 Å². The Morgan fingerprint density at radius 2 is 1.45 bits per heavy atom. The average molecular weight is 299 g/mol. The van der Waals surface area contributed by atoms with Gasteiger partial charge in [0, 0.05) is 24.4 Å². The van der Waals surface area contributed by atoms with Gasteiger partial charge in [-0.2, -0.15) is 0 Å². The van der Waals surface area contributed by atoms with Crippen molar-refractivity contribution >= 4 is 16.7 Å². The van der Waals surface area contributed by atoms with Gasteiger partial charge in [0.15, 0.2) is 0 Å². The van der Waals surface area contributed by atoms with E-state index in [4.69, 9.17) is 9.97 Å². The number of benzene rings is 1. The lowest BCUT2D eigenvalue weighted by molar-refractivity contribution is 0.548. The third-order valence-electron chi connectivity index (χ3n) is 3.59. The highest BCUT2D eigenvalue weighted by atomic mass is 15.2. The quantitative estimate of drug-likeness (QED) is 0.762. The van der Waals surface area contributed by atoms with Gasteiger partial charge in [-0.1, -0.05) is 53.7 Å². The molecule has 0 N–H and O–H groups in total. The second-order valence-corrected chi connectivity index (χ2v) is 7.27. The van der Waals surface area contributed by atoms with Crippen LogP contribution in [-0.2, 0) is 0 Å². The SMILES string of the molecule is CC(C)CN(CC(C)C)c1nc(C(C)C)nc2ccccc12. The van der Waals surface area contributed by atoms with Crippen molar-refractivity contribution < 1.29 is 0 Å². The normalized spacial score (nSPS) is 11.9. The fraction of sp³-hybridized carbons (Fsp3) is 0.579. The molecule has 0 bridgehead atoms. The minimum Gasteiger partial charge on any atom is -0.355 e. The minimum absolute atomic E-state index is 0.336. The summed E-state index contributed by atoms with van der Waals surface area (Å²) in [6.45, 7) is 15.4. The molecule has 0 unspecified atom stereocenters. The predicted octanol–water partition coefficient (Wildman–Crippen LogP) is 4.87. The van der Waals surface area contributed by atoms with E-state index in [2.05, 4.69) is 70.7 Å². The molecule has 0 aliphatic rings. The summed E-state index contributed by atoms with van der Waals surface area (Å²) < 4.78 is 0. The lowest BCUT2D eigenvalue weighted by Gasteiger charge is -2.29. The van der Waals surface area contributed by atoms with Crippen LogP contribution in [0.2, 0.25) is 0 Å². The standard InChI is InChI=1S/C19H29N3/c1-13(2)11-22(12-14(3)4)19-16-9-7-8-10-17(16)20-18(21-19)15(5)6/h7-10,13-15H,11-12H2,1-6H3. The Morgan fingerprint density at radius 3 is 2.00 bits per heavy atom. The molecular weight excluding hydrogens is 270 g/mol. The molecule has 3 nitrogen and oxygen atoms in total. The predicted molar refractivity (Wildman–Crippen MR) is 95.5 cm³/mol. The molecule has 2 aromatic rings. The lowest BCUT2D eigenvalue weighted by atomic mass is 10.1. The van der Waals surface area contributed by atoms with Crippen LogP contribution in [-0.4, -0.2) is 23.1 Å². The lowest BCUT2D eigenvalue weighted by Crippen LogP contribution is -2.32. The van der Waals surface area contributed by atoms with Crippen molar-refractivity contribution in [3.05, 3.63) is 30.1 Å². The third-order valence-corrected chi connectivity index (χ3v) is 3.59. The number of hydrogen-bond donors (Lipinski definition) is 0. The molecule has 3 heteroatoms. The van der Waals surface area contributed by atoms with Crippen molar-refractivity contribution in [1.29, 1.82) is 0 Å². The van der Waals surface area contributed by atoms with E-state index in [0.29, 0.717) is 17.8 Å².